The number of carboxylic acids is 1. The third-order valence-electron chi connectivity index (χ3n) is 4.48. The van der Waals surface area contributed by atoms with Gasteiger partial charge in [-0.1, -0.05) is 12.1 Å². The van der Waals surface area contributed by atoms with Crippen molar-refractivity contribution in [1.29, 1.82) is 0 Å². The van der Waals surface area contributed by atoms with E-state index < -0.39 is 11.5 Å². The van der Waals surface area contributed by atoms with E-state index in [9.17, 15) is 14.7 Å². The average Bonchev–Trinajstić information content (AvgIpc) is 3.29. The number of ether oxygens (including phenoxy) is 1. The summed E-state index contributed by atoms with van der Waals surface area (Å²) in [5, 5.41) is 16.1. The van der Waals surface area contributed by atoms with Gasteiger partial charge < -0.3 is 15.2 Å². The van der Waals surface area contributed by atoms with Crippen LogP contribution < -0.4 is 10.1 Å². The lowest BCUT2D eigenvalue weighted by molar-refractivity contribution is -0.146. The molecular weight excluding hydrogens is 378 g/mol. The molecule has 0 saturated heterocycles. The molecule has 2 aromatic heterocycles. The Labute approximate surface area is 166 Å². The van der Waals surface area contributed by atoms with Gasteiger partial charge >= 0.3 is 5.97 Å². The summed E-state index contributed by atoms with van der Waals surface area (Å²) in [4.78, 5) is 25.6. The van der Waals surface area contributed by atoms with E-state index in [0.717, 1.165) is 21.8 Å². The molecule has 0 unspecified atom stereocenters. The Kier molecular flexibility index (Phi) is 5.24. The summed E-state index contributed by atoms with van der Waals surface area (Å²) in [6, 6.07) is 9.51. The van der Waals surface area contributed by atoms with Gasteiger partial charge in [0, 0.05) is 11.1 Å². The van der Waals surface area contributed by atoms with E-state index in [0.29, 0.717) is 10.6 Å². The Balaban J connectivity index is 1.79. The standard InChI is InChI=1S/C20H21N3O4S/c1-12-16(13-5-7-15(27-4)8-6-13)9-17(28-12)18(24)22-14-10-21-23(11-14)20(2,3)19(25)26/h5-11H,1-4H3,(H,22,24)(H,25,26). The average molecular weight is 399 g/mol. The monoisotopic (exact) mass is 399 g/mol. The van der Waals surface area contributed by atoms with Crippen molar-refractivity contribution >= 4 is 28.9 Å². The van der Waals surface area contributed by atoms with Crippen LogP contribution in [0.25, 0.3) is 11.1 Å². The molecule has 0 aliphatic rings. The normalized spacial score (nSPS) is 11.3. The number of amides is 1. The minimum Gasteiger partial charge on any atom is -0.497 e. The summed E-state index contributed by atoms with van der Waals surface area (Å²) < 4.78 is 6.49. The molecule has 1 amide bonds. The second kappa shape index (κ2) is 7.47. The molecule has 2 N–H and O–H groups in total. The fourth-order valence-electron chi connectivity index (χ4n) is 2.63. The minimum absolute atomic E-state index is 0.263. The van der Waals surface area contributed by atoms with Crippen molar-refractivity contribution in [2.24, 2.45) is 0 Å². The lowest BCUT2D eigenvalue weighted by atomic mass is 10.1. The predicted octanol–water partition coefficient (Wildman–Crippen LogP) is 4.00. The molecule has 3 aromatic rings. The minimum atomic E-state index is -1.20. The zero-order chi connectivity index (χ0) is 20.5. The number of benzene rings is 1. The summed E-state index contributed by atoms with van der Waals surface area (Å²) in [5.41, 5.74) is 1.23. The smallest absolute Gasteiger partial charge is 0.331 e. The quantitative estimate of drug-likeness (QED) is 0.653. The first-order valence-electron chi connectivity index (χ1n) is 8.57. The summed E-state index contributed by atoms with van der Waals surface area (Å²) >= 11 is 1.40. The zero-order valence-electron chi connectivity index (χ0n) is 16.0. The number of carboxylic acid groups (broad SMARTS) is 1. The Morgan fingerprint density at radius 2 is 1.93 bits per heavy atom. The fraction of sp³-hybridized carbons (Fsp3) is 0.250. The van der Waals surface area contributed by atoms with E-state index in [1.54, 1.807) is 7.11 Å². The molecule has 7 nitrogen and oxygen atoms in total. The van der Waals surface area contributed by atoms with E-state index in [4.69, 9.17) is 4.74 Å². The fourth-order valence-corrected chi connectivity index (χ4v) is 3.57. The number of methoxy groups -OCH3 is 1. The van der Waals surface area contributed by atoms with Crippen molar-refractivity contribution in [2.45, 2.75) is 26.3 Å². The Hall–Kier alpha value is -3.13. The third kappa shape index (κ3) is 3.77. The van der Waals surface area contributed by atoms with Gasteiger partial charge in [-0.05, 0) is 50.1 Å². The van der Waals surface area contributed by atoms with Crippen LogP contribution in [0.15, 0.2) is 42.7 Å². The maximum absolute atomic E-state index is 12.6. The Bertz CT molecular complexity index is 1020. The summed E-state index contributed by atoms with van der Waals surface area (Å²) in [6.07, 6.45) is 2.95. The van der Waals surface area contributed by atoms with Crippen LogP contribution in [0.5, 0.6) is 5.75 Å². The molecule has 0 aliphatic carbocycles. The van der Waals surface area contributed by atoms with Crippen LogP contribution in [0.3, 0.4) is 0 Å². The molecule has 0 saturated carbocycles. The highest BCUT2D eigenvalue weighted by molar-refractivity contribution is 7.14. The van der Waals surface area contributed by atoms with Gasteiger partial charge in [-0.15, -0.1) is 11.3 Å². The maximum Gasteiger partial charge on any atom is 0.331 e. The first-order chi connectivity index (χ1) is 13.2. The SMILES string of the molecule is COc1ccc(-c2cc(C(=O)Nc3cnn(C(C)(C)C(=O)O)c3)sc2C)cc1. The number of aromatic nitrogens is 2. The number of aliphatic carboxylic acids is 1. The number of anilines is 1. The molecule has 1 aromatic carbocycles. The number of thiophene rings is 1. The van der Waals surface area contributed by atoms with Crippen molar-refractivity contribution in [3.05, 3.63) is 52.5 Å². The topological polar surface area (TPSA) is 93.5 Å². The molecule has 0 atom stereocenters. The van der Waals surface area contributed by atoms with Crippen LogP contribution in [0.1, 0.15) is 28.4 Å². The van der Waals surface area contributed by atoms with Crippen LogP contribution in [-0.4, -0.2) is 33.9 Å². The number of nitrogens with zero attached hydrogens (tertiary/aromatic N) is 2. The van der Waals surface area contributed by atoms with E-state index >= 15 is 0 Å². The second-order valence-electron chi connectivity index (χ2n) is 6.80. The lowest BCUT2D eigenvalue weighted by Gasteiger charge is -2.19. The lowest BCUT2D eigenvalue weighted by Crippen LogP contribution is -2.35. The summed E-state index contributed by atoms with van der Waals surface area (Å²) in [6.45, 7) is 5.05. The van der Waals surface area contributed by atoms with Crippen molar-refractivity contribution in [3.8, 4) is 16.9 Å². The molecule has 0 radical (unpaired) electrons. The number of hydrogen-bond acceptors (Lipinski definition) is 5. The van der Waals surface area contributed by atoms with Gasteiger partial charge in [0.1, 0.15) is 5.75 Å². The first kappa shape index (κ1) is 19.6. The highest BCUT2D eigenvalue weighted by atomic mass is 32.1. The molecule has 2 heterocycles. The first-order valence-corrected chi connectivity index (χ1v) is 9.39. The number of carbonyl (C=O) groups is 2. The van der Waals surface area contributed by atoms with Crippen LogP contribution in [0.4, 0.5) is 5.69 Å². The van der Waals surface area contributed by atoms with Gasteiger partial charge in [0.25, 0.3) is 5.91 Å². The number of nitrogens with one attached hydrogen (secondary N) is 1. The number of aryl methyl sites for hydroxylation is 1. The molecule has 8 heteroatoms. The number of hydrogen-bond donors (Lipinski definition) is 2. The molecule has 3 rings (SSSR count). The predicted molar refractivity (Wildman–Crippen MR) is 108 cm³/mol. The highest BCUT2D eigenvalue weighted by Gasteiger charge is 2.30. The van der Waals surface area contributed by atoms with Crippen LogP contribution >= 0.6 is 11.3 Å². The molecule has 0 fully saturated rings. The van der Waals surface area contributed by atoms with Crippen molar-refractivity contribution < 1.29 is 19.4 Å². The third-order valence-corrected chi connectivity index (χ3v) is 5.53. The van der Waals surface area contributed by atoms with Gasteiger partial charge in [0.15, 0.2) is 5.54 Å². The number of rotatable bonds is 6. The van der Waals surface area contributed by atoms with Crippen molar-refractivity contribution in [3.63, 3.8) is 0 Å². The van der Waals surface area contributed by atoms with Gasteiger partial charge in [0.2, 0.25) is 0 Å². The zero-order valence-corrected chi connectivity index (χ0v) is 16.8. The van der Waals surface area contributed by atoms with Gasteiger partial charge in [-0.3, -0.25) is 9.48 Å². The largest absolute Gasteiger partial charge is 0.497 e. The Morgan fingerprint density at radius 3 is 2.54 bits per heavy atom. The van der Waals surface area contributed by atoms with E-state index in [-0.39, 0.29) is 5.91 Å². The van der Waals surface area contributed by atoms with E-state index in [2.05, 4.69) is 10.4 Å². The van der Waals surface area contributed by atoms with Gasteiger partial charge in [-0.25, -0.2) is 4.79 Å². The van der Waals surface area contributed by atoms with Crippen molar-refractivity contribution in [1.82, 2.24) is 9.78 Å². The Morgan fingerprint density at radius 1 is 1.25 bits per heavy atom. The van der Waals surface area contributed by atoms with Crippen LogP contribution in [0, 0.1) is 6.92 Å². The molecule has 0 aliphatic heterocycles. The molecule has 0 bridgehead atoms. The maximum atomic E-state index is 12.6. The molecular formula is C20H21N3O4S. The molecule has 0 spiro atoms. The molecule has 28 heavy (non-hydrogen) atoms. The van der Waals surface area contributed by atoms with Gasteiger partial charge in [0.05, 0.1) is 23.9 Å². The number of carbonyl (C=O) groups excluding carboxylic acids is 1. The summed E-state index contributed by atoms with van der Waals surface area (Å²) in [5.74, 6) is -0.497. The highest BCUT2D eigenvalue weighted by Crippen LogP contribution is 2.32. The second-order valence-corrected chi connectivity index (χ2v) is 8.06. The van der Waals surface area contributed by atoms with Crippen LogP contribution in [-0.2, 0) is 10.3 Å². The van der Waals surface area contributed by atoms with Crippen LogP contribution in [0.2, 0.25) is 0 Å². The van der Waals surface area contributed by atoms with Crippen molar-refractivity contribution in [2.75, 3.05) is 12.4 Å². The van der Waals surface area contributed by atoms with E-state index in [1.807, 2.05) is 37.3 Å². The molecule has 146 valence electrons. The summed E-state index contributed by atoms with van der Waals surface area (Å²) in [7, 11) is 1.62. The van der Waals surface area contributed by atoms with Gasteiger partial charge in [-0.2, -0.15) is 5.10 Å². The van der Waals surface area contributed by atoms with E-state index in [1.165, 1.54) is 42.3 Å².